The largest absolute Gasteiger partial charge is 0.486 e. The summed E-state index contributed by atoms with van der Waals surface area (Å²) in [6.45, 7) is 4.01. The zero-order valence-corrected chi connectivity index (χ0v) is 18.6. The van der Waals surface area contributed by atoms with Crippen molar-refractivity contribution in [2.75, 3.05) is 52.5 Å². The number of hydrogen-bond donors (Lipinski definition) is 0. The van der Waals surface area contributed by atoms with Gasteiger partial charge in [-0.25, -0.2) is 0 Å². The Hall–Kier alpha value is -3.07. The normalized spacial score (nSPS) is 18.1. The topological polar surface area (TPSA) is 79.4 Å². The van der Waals surface area contributed by atoms with E-state index in [1.807, 2.05) is 30.3 Å². The lowest BCUT2D eigenvalue weighted by Gasteiger charge is -2.34. The third kappa shape index (κ3) is 4.04. The quantitative estimate of drug-likeness (QED) is 0.648. The molecule has 0 atom stereocenters. The molecule has 0 unspecified atom stereocenters. The first-order chi connectivity index (χ1) is 15.6. The van der Waals surface area contributed by atoms with Crippen molar-refractivity contribution in [3.05, 3.63) is 35.2 Å². The molecular weight excluding hydrogens is 430 g/mol. The molecule has 168 valence electrons. The van der Waals surface area contributed by atoms with Crippen LogP contribution in [0.5, 0.6) is 11.5 Å². The number of piperazine rings is 1. The maximum Gasteiger partial charge on any atom is 0.312 e. The zero-order chi connectivity index (χ0) is 22.1. The molecule has 8 nitrogen and oxygen atoms in total. The van der Waals surface area contributed by atoms with Crippen LogP contribution in [0.25, 0.3) is 10.4 Å². The van der Waals surface area contributed by atoms with E-state index in [-0.39, 0.29) is 5.91 Å². The lowest BCUT2D eigenvalue weighted by atomic mass is 10.1. The first kappa shape index (κ1) is 20.8. The predicted octanol–water partition coefficient (Wildman–Crippen LogP) is 2.09. The van der Waals surface area contributed by atoms with Gasteiger partial charge in [-0.2, -0.15) is 0 Å². The molecule has 5 rings (SSSR count). The van der Waals surface area contributed by atoms with Crippen LogP contribution >= 0.6 is 11.3 Å². The van der Waals surface area contributed by atoms with Crippen LogP contribution in [0.2, 0.25) is 0 Å². The summed E-state index contributed by atoms with van der Waals surface area (Å²) in [6, 6.07) is 9.59. The fourth-order valence-electron chi connectivity index (χ4n) is 4.26. The molecule has 9 heteroatoms. The summed E-state index contributed by atoms with van der Waals surface area (Å²) in [7, 11) is 0. The van der Waals surface area contributed by atoms with Crippen molar-refractivity contribution >= 4 is 29.1 Å². The van der Waals surface area contributed by atoms with E-state index < -0.39 is 11.8 Å². The third-order valence-electron chi connectivity index (χ3n) is 6.07. The highest BCUT2D eigenvalue weighted by atomic mass is 32.1. The van der Waals surface area contributed by atoms with Gasteiger partial charge >= 0.3 is 11.8 Å². The molecule has 3 aliphatic heterocycles. The number of carbonyl (C=O) groups is 3. The molecule has 3 amide bonds. The Morgan fingerprint density at radius 2 is 1.34 bits per heavy atom. The number of carbonyl (C=O) groups excluding carboxylic acids is 3. The highest BCUT2D eigenvalue weighted by Crippen LogP contribution is 2.37. The van der Waals surface area contributed by atoms with Crippen molar-refractivity contribution in [3.8, 4) is 21.9 Å². The SMILES string of the molecule is O=C(C(=O)N1CCN(C(=O)c2ccc(-c3ccc4c(c3)OCCO4)s2)CC1)N1CCCC1. The minimum Gasteiger partial charge on any atom is -0.486 e. The summed E-state index contributed by atoms with van der Waals surface area (Å²) in [5, 5.41) is 0. The van der Waals surface area contributed by atoms with Crippen LogP contribution in [0.1, 0.15) is 22.5 Å². The van der Waals surface area contributed by atoms with Gasteiger partial charge in [0.15, 0.2) is 11.5 Å². The second-order valence-corrected chi connectivity index (χ2v) is 9.19. The average molecular weight is 456 g/mol. The lowest BCUT2D eigenvalue weighted by molar-refractivity contribution is -0.152. The van der Waals surface area contributed by atoms with Gasteiger partial charge in [-0.05, 0) is 48.7 Å². The molecule has 0 saturated carbocycles. The Bertz CT molecular complexity index is 1040. The summed E-state index contributed by atoms with van der Waals surface area (Å²) < 4.78 is 11.2. The van der Waals surface area contributed by atoms with Gasteiger partial charge in [0.1, 0.15) is 13.2 Å². The van der Waals surface area contributed by atoms with Crippen LogP contribution in [0.3, 0.4) is 0 Å². The highest BCUT2D eigenvalue weighted by molar-refractivity contribution is 7.17. The van der Waals surface area contributed by atoms with E-state index >= 15 is 0 Å². The number of likely N-dealkylation sites (tertiary alicyclic amines) is 1. The van der Waals surface area contributed by atoms with Crippen molar-refractivity contribution in [1.82, 2.24) is 14.7 Å². The van der Waals surface area contributed by atoms with Gasteiger partial charge in [0.2, 0.25) is 0 Å². The molecule has 1 aromatic carbocycles. The van der Waals surface area contributed by atoms with Gasteiger partial charge in [0.25, 0.3) is 5.91 Å². The number of amides is 3. The molecule has 2 fully saturated rings. The van der Waals surface area contributed by atoms with E-state index in [1.54, 1.807) is 14.7 Å². The summed E-state index contributed by atoms with van der Waals surface area (Å²) in [4.78, 5) is 44.5. The van der Waals surface area contributed by atoms with Gasteiger partial charge in [0, 0.05) is 44.1 Å². The molecule has 1 aromatic heterocycles. The summed E-state index contributed by atoms with van der Waals surface area (Å²) in [5.74, 6) is 0.556. The number of benzene rings is 1. The van der Waals surface area contributed by atoms with Gasteiger partial charge < -0.3 is 24.2 Å². The molecule has 0 bridgehead atoms. The van der Waals surface area contributed by atoms with Gasteiger partial charge in [-0.1, -0.05) is 0 Å². The molecule has 0 N–H and O–H groups in total. The van der Waals surface area contributed by atoms with Crippen molar-refractivity contribution < 1.29 is 23.9 Å². The minimum absolute atomic E-state index is 0.0447. The maximum absolute atomic E-state index is 13.0. The molecule has 0 spiro atoms. The van der Waals surface area contributed by atoms with Crippen LogP contribution < -0.4 is 9.47 Å². The number of rotatable bonds is 2. The Morgan fingerprint density at radius 1 is 0.719 bits per heavy atom. The van der Waals surface area contributed by atoms with E-state index in [2.05, 4.69) is 0 Å². The lowest BCUT2D eigenvalue weighted by Crippen LogP contribution is -2.54. The summed E-state index contributed by atoms with van der Waals surface area (Å²) in [6.07, 6.45) is 1.91. The fourth-order valence-corrected chi connectivity index (χ4v) is 5.23. The molecule has 2 saturated heterocycles. The van der Waals surface area contributed by atoms with Gasteiger partial charge in [-0.15, -0.1) is 11.3 Å². The zero-order valence-electron chi connectivity index (χ0n) is 17.7. The second-order valence-electron chi connectivity index (χ2n) is 8.11. The molecule has 32 heavy (non-hydrogen) atoms. The Balaban J connectivity index is 1.20. The number of fused-ring (bicyclic) bond motifs is 1. The van der Waals surface area contributed by atoms with E-state index in [1.165, 1.54) is 11.3 Å². The first-order valence-electron chi connectivity index (χ1n) is 11.0. The van der Waals surface area contributed by atoms with E-state index in [0.29, 0.717) is 57.4 Å². The Morgan fingerprint density at radius 3 is 2.06 bits per heavy atom. The third-order valence-corrected chi connectivity index (χ3v) is 7.20. The highest BCUT2D eigenvalue weighted by Gasteiger charge is 2.32. The van der Waals surface area contributed by atoms with Crippen LogP contribution in [0.4, 0.5) is 0 Å². The van der Waals surface area contributed by atoms with Crippen LogP contribution in [-0.4, -0.2) is 84.9 Å². The predicted molar refractivity (Wildman–Crippen MR) is 119 cm³/mol. The van der Waals surface area contributed by atoms with Gasteiger partial charge in [0.05, 0.1) is 4.88 Å². The molecule has 0 aliphatic carbocycles. The standard InChI is InChI=1S/C23H25N3O5S/c27-21(25-9-11-26(12-10-25)23(29)22(28)24-7-1-2-8-24)20-6-5-19(32-20)16-3-4-17-18(15-16)31-14-13-30-17/h3-6,15H,1-2,7-14H2. The monoisotopic (exact) mass is 455 g/mol. The maximum atomic E-state index is 13.0. The fraction of sp³-hybridized carbons (Fsp3) is 0.435. The van der Waals surface area contributed by atoms with Crippen LogP contribution in [0.15, 0.2) is 30.3 Å². The Kier molecular flexibility index (Phi) is 5.73. The van der Waals surface area contributed by atoms with E-state index in [0.717, 1.165) is 34.8 Å². The molecule has 0 radical (unpaired) electrons. The average Bonchev–Trinajstić information content (AvgIpc) is 3.55. The van der Waals surface area contributed by atoms with Crippen molar-refractivity contribution in [3.63, 3.8) is 0 Å². The van der Waals surface area contributed by atoms with E-state index in [9.17, 15) is 14.4 Å². The minimum atomic E-state index is -0.448. The number of ether oxygens (including phenoxy) is 2. The summed E-state index contributed by atoms with van der Waals surface area (Å²) in [5.41, 5.74) is 0.981. The van der Waals surface area contributed by atoms with Crippen molar-refractivity contribution in [2.24, 2.45) is 0 Å². The van der Waals surface area contributed by atoms with Crippen LogP contribution in [-0.2, 0) is 9.59 Å². The second kappa shape index (κ2) is 8.82. The number of nitrogens with zero attached hydrogens (tertiary/aromatic N) is 3. The van der Waals surface area contributed by atoms with Crippen molar-refractivity contribution in [2.45, 2.75) is 12.8 Å². The molecular formula is C23H25N3O5S. The number of thiophene rings is 1. The van der Waals surface area contributed by atoms with Gasteiger partial charge in [-0.3, -0.25) is 14.4 Å². The smallest absolute Gasteiger partial charge is 0.312 e. The summed E-state index contributed by atoms with van der Waals surface area (Å²) >= 11 is 1.44. The first-order valence-corrected chi connectivity index (χ1v) is 11.8. The Labute approximate surface area is 190 Å². The molecule has 2 aromatic rings. The van der Waals surface area contributed by atoms with E-state index in [4.69, 9.17) is 9.47 Å². The molecule has 4 heterocycles. The van der Waals surface area contributed by atoms with Crippen LogP contribution in [0, 0.1) is 0 Å². The van der Waals surface area contributed by atoms with Crippen molar-refractivity contribution in [1.29, 1.82) is 0 Å². The molecule has 3 aliphatic rings. The number of hydrogen-bond acceptors (Lipinski definition) is 6.